The maximum Gasteiger partial charge on any atom is 0.0613 e. The fourth-order valence-electron chi connectivity index (χ4n) is 2.25. The van der Waals surface area contributed by atoms with Gasteiger partial charge in [-0.15, -0.1) is 0 Å². The minimum Gasteiger partial charge on any atom is -0.394 e. The number of rotatable bonds is 5. The molecule has 90 valence electrons. The molecule has 0 aliphatic heterocycles. The van der Waals surface area contributed by atoms with Gasteiger partial charge >= 0.3 is 0 Å². The van der Waals surface area contributed by atoms with Gasteiger partial charge in [0.15, 0.2) is 0 Å². The van der Waals surface area contributed by atoms with Gasteiger partial charge in [-0.2, -0.15) is 5.10 Å². The van der Waals surface area contributed by atoms with Crippen LogP contribution in [-0.2, 0) is 7.05 Å². The molecule has 1 fully saturated rings. The summed E-state index contributed by atoms with van der Waals surface area (Å²) in [4.78, 5) is 0. The van der Waals surface area contributed by atoms with E-state index in [-0.39, 0.29) is 18.2 Å². The van der Waals surface area contributed by atoms with Crippen molar-refractivity contribution in [3.63, 3.8) is 0 Å². The van der Waals surface area contributed by atoms with Crippen LogP contribution in [0.25, 0.3) is 0 Å². The van der Waals surface area contributed by atoms with Crippen molar-refractivity contribution in [2.45, 2.75) is 38.3 Å². The molecule has 2 N–H and O–H groups in total. The smallest absolute Gasteiger partial charge is 0.0613 e. The van der Waals surface area contributed by atoms with Gasteiger partial charge in [-0.1, -0.05) is 0 Å². The summed E-state index contributed by atoms with van der Waals surface area (Å²) in [5.74, 6) is 0.622. The second-order valence-electron chi connectivity index (χ2n) is 5.16. The molecule has 0 amide bonds. The van der Waals surface area contributed by atoms with Gasteiger partial charge in [0.25, 0.3) is 0 Å². The molecule has 1 aliphatic rings. The number of aliphatic hydroxyl groups is 1. The average Bonchev–Trinajstić information content (AvgIpc) is 3.02. The minimum atomic E-state index is -0.144. The standard InChI is InChI=1S/C12H21N3O/c1-9(10-6-13-15(3)7-10)14-12(2,8-16)11-4-5-11/h6-7,9,11,14,16H,4-5,8H2,1-3H3. The first-order valence-electron chi connectivity index (χ1n) is 5.92. The van der Waals surface area contributed by atoms with Gasteiger partial charge in [-0.25, -0.2) is 0 Å². The van der Waals surface area contributed by atoms with Crippen molar-refractivity contribution in [1.82, 2.24) is 15.1 Å². The summed E-state index contributed by atoms with van der Waals surface area (Å²) in [6.45, 7) is 4.42. The van der Waals surface area contributed by atoms with Crippen molar-refractivity contribution >= 4 is 0 Å². The zero-order chi connectivity index (χ0) is 11.8. The van der Waals surface area contributed by atoms with E-state index < -0.39 is 0 Å². The van der Waals surface area contributed by atoms with E-state index in [0.717, 1.165) is 0 Å². The summed E-state index contributed by atoms with van der Waals surface area (Å²) in [5.41, 5.74) is 1.03. The molecule has 1 saturated carbocycles. The first-order valence-corrected chi connectivity index (χ1v) is 5.92. The predicted octanol–water partition coefficient (Wildman–Crippen LogP) is 1.23. The summed E-state index contributed by atoms with van der Waals surface area (Å²) in [5, 5.41) is 17.2. The topological polar surface area (TPSA) is 50.1 Å². The Kier molecular flexibility index (Phi) is 3.04. The first-order chi connectivity index (χ1) is 7.55. The summed E-state index contributed by atoms with van der Waals surface area (Å²) in [7, 11) is 1.92. The number of aliphatic hydroxyl groups excluding tert-OH is 1. The van der Waals surface area contributed by atoms with Crippen LogP contribution in [0.1, 0.15) is 38.3 Å². The van der Waals surface area contributed by atoms with Gasteiger partial charge in [-0.05, 0) is 32.6 Å². The van der Waals surface area contributed by atoms with Crippen molar-refractivity contribution in [3.8, 4) is 0 Å². The Morgan fingerprint density at radius 3 is 2.81 bits per heavy atom. The highest BCUT2D eigenvalue weighted by atomic mass is 16.3. The van der Waals surface area contributed by atoms with Gasteiger partial charge < -0.3 is 10.4 Å². The quantitative estimate of drug-likeness (QED) is 0.789. The highest BCUT2D eigenvalue weighted by Crippen LogP contribution is 2.40. The van der Waals surface area contributed by atoms with E-state index >= 15 is 0 Å². The molecular formula is C12H21N3O. The summed E-state index contributed by atoms with van der Waals surface area (Å²) >= 11 is 0. The Morgan fingerprint density at radius 2 is 2.38 bits per heavy atom. The minimum absolute atomic E-state index is 0.144. The van der Waals surface area contributed by atoms with E-state index in [1.165, 1.54) is 18.4 Å². The Bertz CT molecular complexity index is 359. The lowest BCUT2D eigenvalue weighted by atomic mass is 9.95. The molecule has 4 nitrogen and oxygen atoms in total. The van der Waals surface area contributed by atoms with Crippen molar-refractivity contribution < 1.29 is 5.11 Å². The molecule has 1 aromatic heterocycles. The fraction of sp³-hybridized carbons (Fsp3) is 0.750. The van der Waals surface area contributed by atoms with Gasteiger partial charge in [0.2, 0.25) is 0 Å². The predicted molar refractivity (Wildman–Crippen MR) is 63.0 cm³/mol. The normalized spacial score (nSPS) is 21.8. The molecule has 4 heteroatoms. The summed E-state index contributed by atoms with van der Waals surface area (Å²) < 4.78 is 1.81. The van der Waals surface area contributed by atoms with E-state index in [1.54, 1.807) is 4.68 Å². The fourth-order valence-corrected chi connectivity index (χ4v) is 2.25. The maximum absolute atomic E-state index is 9.51. The van der Waals surface area contributed by atoms with Gasteiger partial charge in [0.1, 0.15) is 0 Å². The Labute approximate surface area is 96.7 Å². The molecule has 0 spiro atoms. The van der Waals surface area contributed by atoms with Crippen LogP contribution in [0, 0.1) is 5.92 Å². The van der Waals surface area contributed by atoms with E-state index in [1.807, 2.05) is 19.4 Å². The molecule has 0 bridgehead atoms. The second-order valence-corrected chi connectivity index (χ2v) is 5.16. The van der Waals surface area contributed by atoms with Crippen LogP contribution in [0.15, 0.2) is 12.4 Å². The third-order valence-electron chi connectivity index (χ3n) is 3.58. The zero-order valence-corrected chi connectivity index (χ0v) is 10.3. The largest absolute Gasteiger partial charge is 0.394 e. The molecule has 0 radical (unpaired) electrons. The Morgan fingerprint density at radius 1 is 1.69 bits per heavy atom. The van der Waals surface area contributed by atoms with Gasteiger partial charge in [0.05, 0.1) is 12.8 Å². The zero-order valence-electron chi connectivity index (χ0n) is 10.3. The van der Waals surface area contributed by atoms with Crippen LogP contribution >= 0.6 is 0 Å². The molecule has 0 saturated heterocycles. The van der Waals surface area contributed by atoms with Crippen LogP contribution in [0.4, 0.5) is 0 Å². The van der Waals surface area contributed by atoms with Crippen molar-refractivity contribution in [3.05, 3.63) is 18.0 Å². The molecule has 1 aromatic rings. The molecule has 1 heterocycles. The lowest BCUT2D eigenvalue weighted by molar-refractivity contribution is 0.144. The third-order valence-corrected chi connectivity index (χ3v) is 3.58. The molecule has 2 atom stereocenters. The number of aryl methyl sites for hydroxylation is 1. The van der Waals surface area contributed by atoms with E-state index in [4.69, 9.17) is 0 Å². The van der Waals surface area contributed by atoms with Crippen LogP contribution in [0.2, 0.25) is 0 Å². The van der Waals surface area contributed by atoms with Crippen LogP contribution < -0.4 is 5.32 Å². The van der Waals surface area contributed by atoms with Gasteiger partial charge in [-0.3, -0.25) is 4.68 Å². The SMILES string of the molecule is CC(NC(C)(CO)C1CC1)c1cnn(C)c1. The maximum atomic E-state index is 9.51. The van der Waals surface area contributed by atoms with Crippen LogP contribution in [0.3, 0.4) is 0 Å². The molecular weight excluding hydrogens is 202 g/mol. The number of nitrogens with zero attached hydrogens (tertiary/aromatic N) is 2. The molecule has 2 rings (SSSR count). The molecule has 0 aromatic carbocycles. The Hall–Kier alpha value is -0.870. The van der Waals surface area contributed by atoms with Crippen molar-refractivity contribution in [2.75, 3.05) is 6.61 Å². The number of aromatic nitrogens is 2. The lowest BCUT2D eigenvalue weighted by Gasteiger charge is -2.32. The highest BCUT2D eigenvalue weighted by molar-refractivity contribution is 5.11. The monoisotopic (exact) mass is 223 g/mol. The highest BCUT2D eigenvalue weighted by Gasteiger charge is 2.41. The van der Waals surface area contributed by atoms with E-state index in [0.29, 0.717) is 5.92 Å². The number of nitrogens with one attached hydrogen (secondary N) is 1. The molecule has 1 aliphatic carbocycles. The van der Waals surface area contributed by atoms with Crippen LogP contribution in [-0.4, -0.2) is 27.0 Å². The van der Waals surface area contributed by atoms with Crippen LogP contribution in [0.5, 0.6) is 0 Å². The third kappa shape index (κ3) is 2.28. The van der Waals surface area contributed by atoms with E-state index in [9.17, 15) is 5.11 Å². The molecule has 16 heavy (non-hydrogen) atoms. The van der Waals surface area contributed by atoms with E-state index in [2.05, 4.69) is 24.3 Å². The van der Waals surface area contributed by atoms with Crippen molar-refractivity contribution in [1.29, 1.82) is 0 Å². The Balaban J connectivity index is 2.02. The number of hydrogen-bond acceptors (Lipinski definition) is 3. The lowest BCUT2D eigenvalue weighted by Crippen LogP contribution is -2.48. The second kappa shape index (κ2) is 4.18. The summed E-state index contributed by atoms with van der Waals surface area (Å²) in [6, 6.07) is 0.228. The molecule has 2 unspecified atom stereocenters. The number of hydrogen-bond donors (Lipinski definition) is 2. The average molecular weight is 223 g/mol. The first kappa shape index (κ1) is 11.6. The van der Waals surface area contributed by atoms with Gasteiger partial charge in [0, 0.05) is 30.4 Å². The summed E-state index contributed by atoms with van der Waals surface area (Å²) in [6.07, 6.45) is 6.35. The van der Waals surface area contributed by atoms with Crippen molar-refractivity contribution in [2.24, 2.45) is 13.0 Å².